The third-order valence-corrected chi connectivity index (χ3v) is 5.43. The second-order valence-electron chi connectivity index (χ2n) is 7.49. The Morgan fingerprint density at radius 2 is 1.19 bits per heavy atom. The zero-order valence-electron chi connectivity index (χ0n) is 17.0. The Kier molecular flexibility index (Phi) is 6.29. The van der Waals surface area contributed by atoms with Crippen LogP contribution in [0.25, 0.3) is 21.8 Å². The van der Waals surface area contributed by atoms with Gasteiger partial charge in [-0.3, -0.25) is 0 Å². The number of pyridine rings is 1. The van der Waals surface area contributed by atoms with Crippen molar-refractivity contribution in [2.75, 3.05) is 0 Å². The molecule has 3 rings (SSSR count). The lowest BCUT2D eigenvalue weighted by atomic mass is 9.84. The van der Waals surface area contributed by atoms with E-state index in [1.807, 2.05) is 0 Å². The minimum Gasteiger partial charge on any atom is -0.247 e. The van der Waals surface area contributed by atoms with Crippen molar-refractivity contribution in [3.8, 4) is 0 Å². The molecule has 138 valence electrons. The summed E-state index contributed by atoms with van der Waals surface area (Å²) in [6.45, 7) is 9.22. The maximum Gasteiger partial charge on any atom is 0.0747 e. The van der Waals surface area contributed by atoms with Gasteiger partial charge in [0, 0.05) is 10.8 Å². The quantitative estimate of drug-likeness (QED) is 0.393. The van der Waals surface area contributed by atoms with Crippen LogP contribution in [0.5, 0.6) is 0 Å². The van der Waals surface area contributed by atoms with E-state index in [1.54, 1.807) is 16.7 Å². The van der Waals surface area contributed by atoms with Crippen LogP contribution in [-0.4, -0.2) is 4.98 Å². The van der Waals surface area contributed by atoms with Gasteiger partial charge in [0.1, 0.15) is 0 Å². The van der Waals surface area contributed by atoms with E-state index in [9.17, 15) is 0 Å². The van der Waals surface area contributed by atoms with Gasteiger partial charge in [0.2, 0.25) is 0 Å². The average molecular weight is 348 g/mol. The summed E-state index contributed by atoms with van der Waals surface area (Å²) in [6, 6.07) is 11.0. The van der Waals surface area contributed by atoms with Crippen molar-refractivity contribution in [2.45, 2.75) is 79.1 Å². The van der Waals surface area contributed by atoms with Gasteiger partial charge in [0.05, 0.1) is 11.0 Å². The summed E-state index contributed by atoms with van der Waals surface area (Å²) in [5, 5.41) is 2.68. The molecule has 0 aliphatic heterocycles. The topological polar surface area (TPSA) is 12.9 Å². The Balaban J connectivity index is 2.45. The Bertz CT molecular complexity index is 818. The van der Waals surface area contributed by atoms with E-state index in [-0.39, 0.29) is 0 Å². The molecule has 2 aromatic carbocycles. The number of hydrogen-bond acceptors (Lipinski definition) is 1. The highest BCUT2D eigenvalue weighted by Gasteiger charge is 2.19. The van der Waals surface area contributed by atoms with Crippen LogP contribution in [-0.2, 0) is 25.7 Å². The Labute approximate surface area is 158 Å². The molecule has 0 radical (unpaired) electrons. The molecule has 0 spiro atoms. The molecule has 0 amide bonds. The van der Waals surface area contributed by atoms with E-state index in [1.165, 1.54) is 60.4 Å². The lowest BCUT2D eigenvalue weighted by Crippen LogP contribution is -2.08. The number of aryl methyl sites for hydroxylation is 2. The first-order valence-corrected chi connectivity index (χ1v) is 10.6. The van der Waals surface area contributed by atoms with Gasteiger partial charge in [-0.25, -0.2) is 4.98 Å². The molecule has 3 aromatic rings. The molecule has 0 saturated carbocycles. The molecule has 0 N–H and O–H groups in total. The second-order valence-corrected chi connectivity index (χ2v) is 7.49. The SMILES string of the molecule is CCCc1c(CCC)c(CCC)c2nc3ccccc3cc2c1CCC. The number of nitrogens with zero attached hydrogens (tertiary/aromatic N) is 1. The highest BCUT2D eigenvalue weighted by molar-refractivity contribution is 5.97. The van der Waals surface area contributed by atoms with Crippen LogP contribution >= 0.6 is 0 Å². The highest BCUT2D eigenvalue weighted by Crippen LogP contribution is 2.35. The van der Waals surface area contributed by atoms with Crippen molar-refractivity contribution in [1.82, 2.24) is 4.98 Å². The van der Waals surface area contributed by atoms with Gasteiger partial charge < -0.3 is 0 Å². The van der Waals surface area contributed by atoms with Gasteiger partial charge in [0.15, 0.2) is 0 Å². The third kappa shape index (κ3) is 3.49. The second kappa shape index (κ2) is 8.66. The van der Waals surface area contributed by atoms with E-state index in [0.29, 0.717) is 0 Å². The first-order valence-electron chi connectivity index (χ1n) is 10.6. The molecule has 0 fully saturated rings. The fourth-order valence-corrected chi connectivity index (χ4v) is 4.40. The maximum atomic E-state index is 5.18. The molecule has 1 heterocycles. The predicted octanol–water partition coefficient (Wildman–Crippen LogP) is 7.20. The summed E-state index contributed by atoms with van der Waals surface area (Å²) in [6.07, 6.45) is 9.48. The van der Waals surface area contributed by atoms with Crippen molar-refractivity contribution in [3.63, 3.8) is 0 Å². The lowest BCUT2D eigenvalue weighted by Gasteiger charge is -2.22. The minimum absolute atomic E-state index is 1.13. The Morgan fingerprint density at radius 3 is 1.85 bits per heavy atom. The van der Waals surface area contributed by atoms with Crippen molar-refractivity contribution >= 4 is 21.8 Å². The zero-order valence-corrected chi connectivity index (χ0v) is 17.0. The highest BCUT2D eigenvalue weighted by atomic mass is 14.7. The number of aromatic nitrogens is 1. The summed E-state index contributed by atoms with van der Waals surface area (Å²) >= 11 is 0. The number of hydrogen-bond donors (Lipinski definition) is 0. The smallest absolute Gasteiger partial charge is 0.0747 e. The molecule has 0 atom stereocenters. The fourth-order valence-electron chi connectivity index (χ4n) is 4.40. The fraction of sp³-hybridized carbons (Fsp3) is 0.480. The molecular weight excluding hydrogens is 314 g/mol. The van der Waals surface area contributed by atoms with Crippen LogP contribution in [0, 0.1) is 0 Å². The van der Waals surface area contributed by atoms with E-state index in [0.717, 1.165) is 18.4 Å². The van der Waals surface area contributed by atoms with Crippen molar-refractivity contribution < 1.29 is 0 Å². The van der Waals surface area contributed by atoms with Crippen molar-refractivity contribution in [1.29, 1.82) is 0 Å². The Hall–Kier alpha value is -1.89. The van der Waals surface area contributed by atoms with Crippen LogP contribution in [0.4, 0.5) is 0 Å². The largest absolute Gasteiger partial charge is 0.247 e. The van der Waals surface area contributed by atoms with Gasteiger partial charge >= 0.3 is 0 Å². The molecule has 0 aliphatic carbocycles. The maximum absolute atomic E-state index is 5.18. The van der Waals surface area contributed by atoms with Crippen molar-refractivity contribution in [2.24, 2.45) is 0 Å². The zero-order chi connectivity index (χ0) is 18.5. The summed E-state index contributed by atoms with van der Waals surface area (Å²) in [4.78, 5) is 5.18. The Morgan fingerprint density at radius 1 is 0.654 bits per heavy atom. The average Bonchev–Trinajstić information content (AvgIpc) is 2.66. The molecule has 1 nitrogen and oxygen atoms in total. The van der Waals surface area contributed by atoms with Gasteiger partial charge in [-0.2, -0.15) is 0 Å². The molecule has 1 aromatic heterocycles. The summed E-state index contributed by atoms with van der Waals surface area (Å²) in [7, 11) is 0. The number of para-hydroxylation sites is 1. The summed E-state index contributed by atoms with van der Waals surface area (Å²) in [5.74, 6) is 0. The minimum atomic E-state index is 1.13. The van der Waals surface area contributed by atoms with Crippen molar-refractivity contribution in [3.05, 3.63) is 52.6 Å². The molecule has 0 unspecified atom stereocenters. The van der Waals surface area contributed by atoms with Crippen LogP contribution in [0.1, 0.15) is 75.6 Å². The molecule has 26 heavy (non-hydrogen) atoms. The first-order chi connectivity index (χ1) is 12.7. The number of benzene rings is 2. The standard InChI is InChI=1S/C25H33N/c1-5-11-19-20(12-6-2)22(14-8-4)25-23(21(19)13-7-3)17-18-15-9-10-16-24(18)26-25/h9-10,15-17H,5-8,11-14H2,1-4H3. The molecular formula is C25H33N. The van der Waals surface area contributed by atoms with E-state index in [4.69, 9.17) is 4.98 Å². The van der Waals surface area contributed by atoms with E-state index < -0.39 is 0 Å². The number of fused-ring (bicyclic) bond motifs is 2. The summed E-state index contributed by atoms with van der Waals surface area (Å²) < 4.78 is 0. The first kappa shape index (κ1) is 18.9. The van der Waals surface area contributed by atoms with Gasteiger partial charge in [-0.15, -0.1) is 0 Å². The van der Waals surface area contributed by atoms with Crippen LogP contribution in [0.3, 0.4) is 0 Å². The normalized spacial score (nSPS) is 11.5. The van der Waals surface area contributed by atoms with Gasteiger partial charge in [0.25, 0.3) is 0 Å². The third-order valence-electron chi connectivity index (χ3n) is 5.43. The molecule has 1 heteroatoms. The van der Waals surface area contributed by atoms with E-state index >= 15 is 0 Å². The predicted molar refractivity (Wildman–Crippen MR) is 115 cm³/mol. The van der Waals surface area contributed by atoms with Gasteiger partial charge in [-0.1, -0.05) is 71.6 Å². The monoisotopic (exact) mass is 347 g/mol. The summed E-state index contributed by atoms with van der Waals surface area (Å²) in [5.41, 5.74) is 8.77. The lowest BCUT2D eigenvalue weighted by molar-refractivity contribution is 0.809. The van der Waals surface area contributed by atoms with Crippen LogP contribution < -0.4 is 0 Å². The number of rotatable bonds is 8. The van der Waals surface area contributed by atoms with Gasteiger partial charge in [-0.05, 0) is 60.1 Å². The molecule has 0 aliphatic rings. The van der Waals surface area contributed by atoms with Crippen LogP contribution in [0.15, 0.2) is 30.3 Å². The van der Waals surface area contributed by atoms with Crippen LogP contribution in [0.2, 0.25) is 0 Å². The van der Waals surface area contributed by atoms with E-state index in [2.05, 4.69) is 58.0 Å². The molecule has 0 saturated heterocycles. The molecule has 0 bridgehead atoms.